The molecule has 1 amide bonds. The summed E-state index contributed by atoms with van der Waals surface area (Å²) in [5.41, 5.74) is 0.00800. The Hall–Kier alpha value is -3.31. The fourth-order valence-corrected chi connectivity index (χ4v) is 3.03. The van der Waals surface area contributed by atoms with E-state index in [1.807, 2.05) is 0 Å². The molecule has 3 rings (SSSR count). The van der Waals surface area contributed by atoms with E-state index in [-0.39, 0.29) is 33.1 Å². The Kier molecular flexibility index (Phi) is 5.12. The molecule has 1 N–H and O–H groups in total. The Bertz CT molecular complexity index is 1170. The second-order valence-corrected chi connectivity index (χ2v) is 8.01. The van der Waals surface area contributed by atoms with Crippen molar-refractivity contribution >= 4 is 39.0 Å². The van der Waals surface area contributed by atoms with Crippen molar-refractivity contribution in [2.24, 2.45) is 0 Å². The number of sulfone groups is 1. The van der Waals surface area contributed by atoms with Gasteiger partial charge in [0.1, 0.15) is 0 Å². The molecule has 2 aromatic carbocycles. The molecule has 1 heterocycles. The second-order valence-electron chi connectivity index (χ2n) is 5.58. The Labute approximate surface area is 163 Å². The van der Waals surface area contributed by atoms with E-state index in [9.17, 15) is 23.3 Å². The van der Waals surface area contributed by atoms with Crippen molar-refractivity contribution in [2.45, 2.75) is 4.90 Å². The molecule has 0 unspecified atom stereocenters. The van der Waals surface area contributed by atoms with E-state index in [2.05, 4.69) is 15.5 Å². The van der Waals surface area contributed by atoms with E-state index in [0.717, 1.165) is 12.3 Å². The lowest BCUT2D eigenvalue weighted by Crippen LogP contribution is -2.13. The predicted octanol–water partition coefficient (Wildman–Crippen LogP) is 2.95. The Morgan fingerprint density at radius 1 is 1.18 bits per heavy atom. The fraction of sp³-hybridized carbons (Fsp3) is 0.0625. The number of hydrogen-bond acceptors (Lipinski definition) is 8. The van der Waals surface area contributed by atoms with Gasteiger partial charge in [-0.15, -0.1) is 5.10 Å². The lowest BCUT2D eigenvalue weighted by Gasteiger charge is -2.03. The number of nitrogens with one attached hydrogen (secondary N) is 1. The molecular weight excluding hydrogens is 412 g/mol. The molecule has 1 aromatic heterocycles. The standard InChI is InChI=1S/C16H11ClN4O6S/c1-28(25,26)11-5-2-9(3-6-11)15-19-20-16(27-15)18-14(22)12-8-10(21(23)24)4-7-13(12)17/h2-8H,1H3,(H,18,20,22). The van der Waals surface area contributed by atoms with Crippen LogP contribution in [0.3, 0.4) is 0 Å². The van der Waals surface area contributed by atoms with Gasteiger partial charge in [-0.1, -0.05) is 16.7 Å². The number of nitro groups is 1. The third kappa shape index (κ3) is 4.15. The van der Waals surface area contributed by atoms with Gasteiger partial charge in [-0.05, 0) is 30.3 Å². The van der Waals surface area contributed by atoms with Crippen LogP contribution in [0.5, 0.6) is 0 Å². The first-order valence-electron chi connectivity index (χ1n) is 7.54. The van der Waals surface area contributed by atoms with Crippen LogP contribution in [0, 0.1) is 10.1 Å². The van der Waals surface area contributed by atoms with Crippen LogP contribution in [0.4, 0.5) is 11.7 Å². The molecule has 0 aliphatic carbocycles. The molecule has 0 bridgehead atoms. The van der Waals surface area contributed by atoms with Gasteiger partial charge in [0, 0.05) is 24.0 Å². The van der Waals surface area contributed by atoms with Gasteiger partial charge in [0.15, 0.2) is 9.84 Å². The Morgan fingerprint density at radius 3 is 2.46 bits per heavy atom. The average Bonchev–Trinajstić information content (AvgIpc) is 3.09. The SMILES string of the molecule is CS(=O)(=O)c1ccc(-c2nnc(NC(=O)c3cc([N+](=O)[O-])ccc3Cl)o2)cc1. The summed E-state index contributed by atoms with van der Waals surface area (Å²) in [6, 6.07) is 8.90. The largest absolute Gasteiger partial charge is 0.403 e. The zero-order valence-corrected chi connectivity index (χ0v) is 15.7. The van der Waals surface area contributed by atoms with E-state index in [0.29, 0.717) is 5.56 Å². The van der Waals surface area contributed by atoms with Crippen LogP contribution in [0.15, 0.2) is 51.8 Å². The molecule has 12 heteroatoms. The van der Waals surface area contributed by atoms with Crippen LogP contribution in [-0.4, -0.2) is 35.7 Å². The van der Waals surface area contributed by atoms with Crippen LogP contribution >= 0.6 is 11.6 Å². The highest BCUT2D eigenvalue weighted by molar-refractivity contribution is 7.90. The van der Waals surface area contributed by atoms with Crippen molar-refractivity contribution in [3.8, 4) is 11.5 Å². The lowest BCUT2D eigenvalue weighted by atomic mass is 10.2. The van der Waals surface area contributed by atoms with Crippen LogP contribution < -0.4 is 5.32 Å². The van der Waals surface area contributed by atoms with Gasteiger partial charge >= 0.3 is 6.01 Å². The van der Waals surface area contributed by atoms with Crippen molar-refractivity contribution < 1.29 is 22.6 Å². The zero-order valence-electron chi connectivity index (χ0n) is 14.1. The maximum absolute atomic E-state index is 12.3. The van der Waals surface area contributed by atoms with Crippen LogP contribution in [0.25, 0.3) is 11.5 Å². The normalized spacial score (nSPS) is 11.2. The molecule has 0 atom stereocenters. The van der Waals surface area contributed by atoms with Crippen LogP contribution in [0.2, 0.25) is 5.02 Å². The summed E-state index contributed by atoms with van der Waals surface area (Å²) < 4.78 is 28.3. The van der Waals surface area contributed by atoms with Gasteiger partial charge in [-0.2, -0.15) is 0 Å². The highest BCUT2D eigenvalue weighted by atomic mass is 35.5. The number of benzene rings is 2. The third-order valence-electron chi connectivity index (χ3n) is 3.58. The van der Waals surface area contributed by atoms with E-state index < -0.39 is 20.7 Å². The van der Waals surface area contributed by atoms with Crippen LogP contribution in [0.1, 0.15) is 10.4 Å². The first-order valence-corrected chi connectivity index (χ1v) is 9.81. The van der Waals surface area contributed by atoms with E-state index in [1.54, 1.807) is 0 Å². The first-order chi connectivity index (χ1) is 13.1. The Morgan fingerprint density at radius 2 is 1.86 bits per heavy atom. The molecular formula is C16H11ClN4O6S. The van der Waals surface area contributed by atoms with Crippen molar-refractivity contribution in [1.82, 2.24) is 10.2 Å². The third-order valence-corrected chi connectivity index (χ3v) is 5.04. The second kappa shape index (κ2) is 7.37. The molecule has 3 aromatic rings. The van der Waals surface area contributed by atoms with Crippen molar-refractivity contribution in [3.05, 3.63) is 63.2 Å². The topological polar surface area (TPSA) is 145 Å². The summed E-state index contributed by atoms with van der Waals surface area (Å²) in [4.78, 5) is 22.6. The molecule has 144 valence electrons. The smallest absolute Gasteiger partial charge is 0.322 e. The van der Waals surface area contributed by atoms with Crippen molar-refractivity contribution in [3.63, 3.8) is 0 Å². The molecule has 0 aliphatic rings. The van der Waals surface area contributed by atoms with Crippen molar-refractivity contribution in [1.29, 1.82) is 0 Å². The van der Waals surface area contributed by atoms with E-state index in [4.69, 9.17) is 16.0 Å². The molecule has 0 saturated carbocycles. The van der Waals surface area contributed by atoms with Gasteiger partial charge in [-0.25, -0.2) is 8.42 Å². The minimum atomic E-state index is -3.34. The van der Waals surface area contributed by atoms with Crippen LogP contribution in [-0.2, 0) is 9.84 Å². The van der Waals surface area contributed by atoms with Gasteiger partial charge in [0.25, 0.3) is 11.6 Å². The highest BCUT2D eigenvalue weighted by Crippen LogP contribution is 2.25. The number of carbonyl (C=O) groups excluding carboxylic acids is 1. The minimum absolute atomic E-state index is 0.0132. The number of nitro benzene ring substituents is 1. The van der Waals surface area contributed by atoms with E-state index in [1.165, 1.54) is 36.4 Å². The molecule has 0 radical (unpaired) electrons. The monoisotopic (exact) mass is 422 g/mol. The summed E-state index contributed by atoms with van der Waals surface area (Å²) in [6.45, 7) is 0. The highest BCUT2D eigenvalue weighted by Gasteiger charge is 2.18. The number of amides is 1. The molecule has 10 nitrogen and oxygen atoms in total. The van der Waals surface area contributed by atoms with Gasteiger partial charge in [0.2, 0.25) is 5.89 Å². The predicted molar refractivity (Wildman–Crippen MR) is 98.9 cm³/mol. The zero-order chi connectivity index (χ0) is 20.5. The summed E-state index contributed by atoms with van der Waals surface area (Å²) in [7, 11) is -3.34. The maximum Gasteiger partial charge on any atom is 0.322 e. The molecule has 0 fully saturated rings. The fourth-order valence-electron chi connectivity index (χ4n) is 2.20. The van der Waals surface area contributed by atoms with E-state index >= 15 is 0 Å². The maximum atomic E-state index is 12.3. The number of nitrogens with zero attached hydrogens (tertiary/aromatic N) is 3. The van der Waals surface area contributed by atoms with Crippen molar-refractivity contribution in [2.75, 3.05) is 11.6 Å². The first kappa shape index (κ1) is 19.5. The molecule has 0 spiro atoms. The molecule has 28 heavy (non-hydrogen) atoms. The summed E-state index contributed by atoms with van der Waals surface area (Å²) >= 11 is 5.92. The number of carbonyl (C=O) groups is 1. The summed E-state index contributed by atoms with van der Waals surface area (Å²) in [5.74, 6) is -0.725. The number of halogens is 1. The quantitative estimate of drug-likeness (QED) is 0.487. The van der Waals surface area contributed by atoms with Gasteiger partial charge in [0.05, 0.1) is 20.4 Å². The number of hydrogen-bond donors (Lipinski definition) is 1. The number of non-ortho nitro benzene ring substituents is 1. The molecule has 0 saturated heterocycles. The number of rotatable bonds is 5. The van der Waals surface area contributed by atoms with Gasteiger partial charge in [-0.3, -0.25) is 20.2 Å². The number of anilines is 1. The molecule has 0 aliphatic heterocycles. The van der Waals surface area contributed by atoms with Gasteiger partial charge < -0.3 is 4.42 Å². The number of aromatic nitrogens is 2. The minimum Gasteiger partial charge on any atom is -0.403 e. The lowest BCUT2D eigenvalue weighted by molar-refractivity contribution is -0.384. The average molecular weight is 423 g/mol. The summed E-state index contributed by atoms with van der Waals surface area (Å²) in [6.07, 6.45) is 1.08. The summed E-state index contributed by atoms with van der Waals surface area (Å²) in [5, 5.41) is 20.6. The Balaban J connectivity index is 1.81.